The summed E-state index contributed by atoms with van der Waals surface area (Å²) >= 11 is 0. The Morgan fingerprint density at radius 2 is 1.62 bits per heavy atom. The molecule has 0 saturated heterocycles. The zero-order valence-electron chi connectivity index (χ0n) is 13.5. The smallest absolute Gasteiger partial charge is 0.339 e. The first-order valence-corrected chi connectivity index (χ1v) is 7.66. The lowest BCUT2D eigenvalue weighted by molar-refractivity contribution is 0.0535. The van der Waals surface area contributed by atoms with Crippen LogP contribution in [0.1, 0.15) is 15.9 Å². The summed E-state index contributed by atoms with van der Waals surface area (Å²) in [6, 6.07) is 15.7. The lowest BCUT2D eigenvalue weighted by atomic mass is 9.90. The highest BCUT2D eigenvalue weighted by Gasteiger charge is 2.27. The molecule has 0 saturated carbocycles. The Kier molecular flexibility index (Phi) is 3.38. The van der Waals surface area contributed by atoms with Gasteiger partial charge in [0.2, 0.25) is 0 Å². The summed E-state index contributed by atoms with van der Waals surface area (Å²) in [7, 11) is 3.22. The molecule has 24 heavy (non-hydrogen) atoms. The van der Waals surface area contributed by atoms with Crippen LogP contribution in [0.2, 0.25) is 0 Å². The third-order valence-electron chi connectivity index (χ3n) is 4.33. The van der Waals surface area contributed by atoms with Gasteiger partial charge in [0.1, 0.15) is 18.1 Å². The normalized spacial score (nSPS) is 12.8. The van der Waals surface area contributed by atoms with E-state index >= 15 is 0 Å². The number of ether oxygens (including phenoxy) is 3. The van der Waals surface area contributed by atoms with Gasteiger partial charge in [-0.3, -0.25) is 0 Å². The standard InChI is InChI=1S/C20H16O4/c1-22-15-8-13(9-16(10-15)23-2)18-17-6-4-3-5-12(17)7-14-11-24-20(21)19(14)18/h3-10H,11H2,1-2H3. The molecule has 0 amide bonds. The van der Waals surface area contributed by atoms with Gasteiger partial charge in [0.05, 0.1) is 19.8 Å². The summed E-state index contributed by atoms with van der Waals surface area (Å²) in [4.78, 5) is 12.3. The van der Waals surface area contributed by atoms with E-state index < -0.39 is 0 Å². The minimum atomic E-state index is -0.285. The molecule has 0 N–H and O–H groups in total. The Bertz CT molecular complexity index is 937. The summed E-state index contributed by atoms with van der Waals surface area (Å²) in [5.41, 5.74) is 3.28. The van der Waals surface area contributed by atoms with Gasteiger partial charge in [-0.2, -0.15) is 0 Å². The van der Waals surface area contributed by atoms with Crippen LogP contribution in [-0.2, 0) is 11.3 Å². The number of carbonyl (C=O) groups is 1. The molecule has 3 aromatic carbocycles. The number of hydrogen-bond donors (Lipinski definition) is 0. The van der Waals surface area contributed by atoms with Crippen LogP contribution in [0.25, 0.3) is 21.9 Å². The highest BCUT2D eigenvalue weighted by molar-refractivity contribution is 6.10. The topological polar surface area (TPSA) is 44.8 Å². The third kappa shape index (κ3) is 2.19. The van der Waals surface area contributed by atoms with Crippen molar-refractivity contribution in [3.8, 4) is 22.6 Å². The molecule has 0 bridgehead atoms. The zero-order valence-corrected chi connectivity index (χ0v) is 13.5. The number of benzene rings is 3. The van der Waals surface area contributed by atoms with E-state index in [0.717, 1.165) is 27.5 Å². The summed E-state index contributed by atoms with van der Waals surface area (Å²) in [6.45, 7) is 0.313. The maximum Gasteiger partial charge on any atom is 0.339 e. The van der Waals surface area contributed by atoms with Gasteiger partial charge in [-0.15, -0.1) is 0 Å². The van der Waals surface area contributed by atoms with E-state index in [2.05, 4.69) is 0 Å². The summed E-state index contributed by atoms with van der Waals surface area (Å²) in [5.74, 6) is 1.07. The molecule has 3 aromatic rings. The maximum absolute atomic E-state index is 12.3. The lowest BCUT2D eigenvalue weighted by Crippen LogP contribution is -1.99. The second kappa shape index (κ2) is 5.57. The first-order valence-electron chi connectivity index (χ1n) is 7.66. The maximum atomic E-state index is 12.3. The molecule has 0 aromatic heterocycles. The van der Waals surface area contributed by atoms with Gasteiger partial charge in [-0.05, 0) is 34.5 Å². The van der Waals surface area contributed by atoms with Gasteiger partial charge < -0.3 is 14.2 Å². The van der Waals surface area contributed by atoms with Gasteiger partial charge in [0.25, 0.3) is 0 Å². The van der Waals surface area contributed by atoms with Crippen LogP contribution in [0.4, 0.5) is 0 Å². The molecule has 1 heterocycles. The second-order valence-electron chi connectivity index (χ2n) is 5.68. The van der Waals surface area contributed by atoms with Crippen LogP contribution in [-0.4, -0.2) is 20.2 Å². The Morgan fingerprint density at radius 1 is 0.917 bits per heavy atom. The van der Waals surface area contributed by atoms with E-state index in [0.29, 0.717) is 23.7 Å². The van der Waals surface area contributed by atoms with E-state index in [1.807, 2.05) is 48.5 Å². The molecule has 0 radical (unpaired) electrons. The summed E-state index contributed by atoms with van der Waals surface area (Å²) in [5, 5.41) is 2.08. The van der Waals surface area contributed by atoms with Gasteiger partial charge in [-0.25, -0.2) is 4.79 Å². The predicted molar refractivity (Wildman–Crippen MR) is 91.6 cm³/mol. The Balaban J connectivity index is 2.10. The van der Waals surface area contributed by atoms with Crippen molar-refractivity contribution in [2.24, 2.45) is 0 Å². The van der Waals surface area contributed by atoms with E-state index in [4.69, 9.17) is 14.2 Å². The molecule has 4 heteroatoms. The van der Waals surface area contributed by atoms with Crippen molar-refractivity contribution in [2.45, 2.75) is 6.61 Å². The van der Waals surface area contributed by atoms with Crippen LogP contribution in [0.5, 0.6) is 11.5 Å². The van der Waals surface area contributed by atoms with Crippen LogP contribution in [0.3, 0.4) is 0 Å². The predicted octanol–water partition coefficient (Wildman–Crippen LogP) is 4.19. The molecule has 1 aliphatic heterocycles. The molecule has 1 aliphatic rings. The molecule has 0 atom stereocenters. The molecular weight excluding hydrogens is 304 g/mol. The summed E-state index contributed by atoms with van der Waals surface area (Å²) < 4.78 is 16.0. The van der Waals surface area contributed by atoms with Crippen molar-refractivity contribution >= 4 is 16.7 Å². The van der Waals surface area contributed by atoms with Gasteiger partial charge in [0.15, 0.2) is 0 Å². The third-order valence-corrected chi connectivity index (χ3v) is 4.33. The van der Waals surface area contributed by atoms with Crippen molar-refractivity contribution in [2.75, 3.05) is 14.2 Å². The van der Waals surface area contributed by atoms with Crippen molar-refractivity contribution in [1.82, 2.24) is 0 Å². The number of esters is 1. The van der Waals surface area contributed by atoms with Crippen molar-refractivity contribution < 1.29 is 19.0 Å². The fourth-order valence-electron chi connectivity index (χ4n) is 3.22. The number of carbonyl (C=O) groups excluding carboxylic acids is 1. The minimum absolute atomic E-state index is 0.285. The van der Waals surface area contributed by atoms with E-state index in [9.17, 15) is 4.79 Å². The molecule has 0 spiro atoms. The molecule has 4 rings (SSSR count). The van der Waals surface area contributed by atoms with Crippen molar-refractivity contribution in [3.63, 3.8) is 0 Å². The minimum Gasteiger partial charge on any atom is -0.497 e. The fourth-order valence-corrected chi connectivity index (χ4v) is 3.22. The van der Waals surface area contributed by atoms with Gasteiger partial charge in [-0.1, -0.05) is 24.3 Å². The molecular formula is C20H16O4. The van der Waals surface area contributed by atoms with Crippen LogP contribution < -0.4 is 9.47 Å². The van der Waals surface area contributed by atoms with Crippen LogP contribution in [0.15, 0.2) is 48.5 Å². The SMILES string of the molecule is COc1cc(OC)cc(-c2c3c(cc4ccccc24)COC3=O)c1. The van der Waals surface area contributed by atoms with E-state index in [1.165, 1.54) is 0 Å². The number of methoxy groups -OCH3 is 2. The van der Waals surface area contributed by atoms with Gasteiger partial charge in [0, 0.05) is 17.2 Å². The van der Waals surface area contributed by atoms with Crippen molar-refractivity contribution in [1.29, 1.82) is 0 Å². The Morgan fingerprint density at radius 3 is 2.33 bits per heavy atom. The Hall–Kier alpha value is -3.01. The molecule has 120 valence electrons. The molecule has 0 aliphatic carbocycles. The van der Waals surface area contributed by atoms with Crippen LogP contribution in [0, 0.1) is 0 Å². The number of cyclic esters (lactones) is 1. The van der Waals surface area contributed by atoms with E-state index in [-0.39, 0.29) is 5.97 Å². The number of rotatable bonds is 3. The molecule has 0 fully saturated rings. The average Bonchev–Trinajstić information content (AvgIpc) is 2.99. The number of fused-ring (bicyclic) bond motifs is 2. The highest BCUT2D eigenvalue weighted by atomic mass is 16.5. The largest absolute Gasteiger partial charge is 0.497 e. The zero-order chi connectivity index (χ0) is 16.7. The number of hydrogen-bond acceptors (Lipinski definition) is 4. The quantitative estimate of drug-likeness (QED) is 0.679. The second-order valence-corrected chi connectivity index (χ2v) is 5.68. The average molecular weight is 320 g/mol. The lowest BCUT2D eigenvalue weighted by Gasteiger charge is -2.13. The fraction of sp³-hybridized carbons (Fsp3) is 0.150. The van der Waals surface area contributed by atoms with E-state index in [1.54, 1.807) is 14.2 Å². The van der Waals surface area contributed by atoms with Crippen LogP contribution >= 0.6 is 0 Å². The monoisotopic (exact) mass is 320 g/mol. The van der Waals surface area contributed by atoms with Crippen molar-refractivity contribution in [3.05, 3.63) is 59.7 Å². The highest BCUT2D eigenvalue weighted by Crippen LogP contribution is 2.40. The first-order chi connectivity index (χ1) is 11.7. The molecule has 4 nitrogen and oxygen atoms in total. The Labute approximate surface area is 139 Å². The summed E-state index contributed by atoms with van der Waals surface area (Å²) in [6.07, 6.45) is 0. The first kappa shape index (κ1) is 14.6. The van der Waals surface area contributed by atoms with Gasteiger partial charge >= 0.3 is 5.97 Å². The molecule has 0 unspecified atom stereocenters.